The molecule has 0 aromatic rings. The van der Waals surface area contributed by atoms with E-state index in [9.17, 15) is 4.79 Å². The van der Waals surface area contributed by atoms with Gasteiger partial charge in [0.25, 0.3) is 0 Å². The molecule has 0 saturated carbocycles. The molecule has 0 heterocycles. The smallest absolute Gasteiger partial charge is 0.322 e. The maximum absolute atomic E-state index is 10.3. The Hall–Kier alpha value is -0.650. The Morgan fingerprint density at radius 3 is 2.57 bits per heavy atom. The Kier molecular flexibility index (Phi) is 8.51. The van der Waals surface area contributed by atoms with E-state index in [4.69, 9.17) is 20.3 Å². The molecule has 84 valence electrons. The maximum atomic E-state index is 10.3. The molecule has 0 rings (SSSR count). The van der Waals surface area contributed by atoms with Crippen LogP contribution < -0.4 is 5.73 Å². The van der Waals surface area contributed by atoms with Crippen molar-refractivity contribution in [1.82, 2.24) is 0 Å². The zero-order valence-electron chi connectivity index (χ0n) is 8.57. The molecule has 0 aromatic heterocycles. The minimum atomic E-state index is -1.04. The van der Waals surface area contributed by atoms with Crippen LogP contribution >= 0.6 is 0 Å². The molecule has 0 bridgehead atoms. The number of carboxylic acid groups (broad SMARTS) is 1. The van der Waals surface area contributed by atoms with E-state index in [1.165, 1.54) is 0 Å². The summed E-state index contributed by atoms with van der Waals surface area (Å²) in [5.74, 6) is -1.04. The van der Waals surface area contributed by atoms with Crippen LogP contribution in [0.4, 0.5) is 0 Å². The Bertz CT molecular complexity index is 152. The summed E-state index contributed by atoms with van der Waals surface area (Å²) in [6.45, 7) is 3.74. The van der Waals surface area contributed by atoms with Gasteiger partial charge in [-0.2, -0.15) is 0 Å². The van der Waals surface area contributed by atoms with Gasteiger partial charge < -0.3 is 20.3 Å². The lowest BCUT2D eigenvalue weighted by molar-refractivity contribution is -0.140. The van der Waals surface area contributed by atoms with E-state index in [1.54, 1.807) is 0 Å². The van der Waals surface area contributed by atoms with E-state index in [-0.39, 0.29) is 6.61 Å². The SMILES string of the molecule is CCCCOCCOCC(N)C(=O)O. The second-order valence-electron chi connectivity index (χ2n) is 2.99. The number of aliphatic carboxylic acids is 1. The number of rotatable bonds is 9. The number of unbranched alkanes of at least 4 members (excludes halogenated alkanes) is 1. The molecule has 0 radical (unpaired) electrons. The van der Waals surface area contributed by atoms with Crippen LogP contribution in [0, 0.1) is 0 Å². The van der Waals surface area contributed by atoms with Gasteiger partial charge in [-0.05, 0) is 6.42 Å². The summed E-state index contributed by atoms with van der Waals surface area (Å²) in [5, 5.41) is 8.42. The minimum absolute atomic E-state index is 0.0342. The van der Waals surface area contributed by atoms with Crippen LogP contribution in [0.25, 0.3) is 0 Å². The van der Waals surface area contributed by atoms with E-state index in [0.717, 1.165) is 19.4 Å². The highest BCUT2D eigenvalue weighted by atomic mass is 16.5. The van der Waals surface area contributed by atoms with Crippen LogP contribution in [0.15, 0.2) is 0 Å². The van der Waals surface area contributed by atoms with Gasteiger partial charge in [0.1, 0.15) is 6.04 Å². The molecule has 0 saturated heterocycles. The van der Waals surface area contributed by atoms with Gasteiger partial charge in [0.15, 0.2) is 0 Å². The molecule has 1 unspecified atom stereocenters. The zero-order valence-corrected chi connectivity index (χ0v) is 8.57. The highest BCUT2D eigenvalue weighted by Crippen LogP contribution is 1.88. The van der Waals surface area contributed by atoms with Crippen molar-refractivity contribution in [1.29, 1.82) is 0 Å². The van der Waals surface area contributed by atoms with E-state index >= 15 is 0 Å². The molecule has 0 fully saturated rings. The number of carbonyl (C=O) groups is 1. The lowest BCUT2D eigenvalue weighted by Gasteiger charge is -2.07. The minimum Gasteiger partial charge on any atom is -0.480 e. The molecular formula is C9H19NO4. The van der Waals surface area contributed by atoms with Crippen LogP contribution in [-0.4, -0.2) is 43.5 Å². The monoisotopic (exact) mass is 205 g/mol. The first kappa shape index (κ1) is 13.4. The van der Waals surface area contributed by atoms with Crippen molar-refractivity contribution in [2.75, 3.05) is 26.4 Å². The fourth-order valence-corrected chi connectivity index (χ4v) is 0.748. The highest BCUT2D eigenvalue weighted by Gasteiger charge is 2.10. The van der Waals surface area contributed by atoms with E-state index in [0.29, 0.717) is 13.2 Å². The van der Waals surface area contributed by atoms with Gasteiger partial charge in [0, 0.05) is 6.61 Å². The molecule has 0 aliphatic carbocycles. The molecule has 0 aliphatic rings. The summed E-state index contributed by atoms with van der Waals surface area (Å²) in [6, 6.07) is -0.939. The van der Waals surface area contributed by atoms with Gasteiger partial charge in [0.2, 0.25) is 0 Å². The summed E-state index contributed by atoms with van der Waals surface area (Å²) in [5.41, 5.74) is 5.21. The van der Waals surface area contributed by atoms with Crippen LogP contribution in [-0.2, 0) is 14.3 Å². The van der Waals surface area contributed by atoms with Gasteiger partial charge in [-0.1, -0.05) is 13.3 Å². The molecule has 0 aromatic carbocycles. The van der Waals surface area contributed by atoms with Crippen molar-refractivity contribution in [3.63, 3.8) is 0 Å². The first-order valence-electron chi connectivity index (χ1n) is 4.82. The quantitative estimate of drug-likeness (QED) is 0.527. The zero-order chi connectivity index (χ0) is 10.8. The Morgan fingerprint density at radius 2 is 2.00 bits per heavy atom. The van der Waals surface area contributed by atoms with Crippen molar-refractivity contribution in [3.8, 4) is 0 Å². The topological polar surface area (TPSA) is 81.8 Å². The number of nitrogens with two attached hydrogens (primary N) is 1. The van der Waals surface area contributed by atoms with E-state index in [2.05, 4.69) is 6.92 Å². The van der Waals surface area contributed by atoms with Crippen LogP contribution in [0.3, 0.4) is 0 Å². The molecule has 5 heteroatoms. The first-order valence-corrected chi connectivity index (χ1v) is 4.82. The lowest BCUT2D eigenvalue weighted by atomic mass is 10.3. The van der Waals surface area contributed by atoms with Crippen molar-refractivity contribution in [2.45, 2.75) is 25.8 Å². The summed E-state index contributed by atoms with van der Waals surface area (Å²) in [4.78, 5) is 10.3. The lowest BCUT2D eigenvalue weighted by Crippen LogP contribution is -2.35. The van der Waals surface area contributed by atoms with Gasteiger partial charge in [-0.25, -0.2) is 0 Å². The van der Waals surface area contributed by atoms with Gasteiger partial charge in [-0.15, -0.1) is 0 Å². The Labute approximate surface area is 84.2 Å². The second-order valence-corrected chi connectivity index (χ2v) is 2.99. The van der Waals surface area contributed by atoms with Gasteiger partial charge in [0.05, 0.1) is 19.8 Å². The summed E-state index contributed by atoms with van der Waals surface area (Å²) in [6.07, 6.45) is 2.14. The number of hydrogen-bond donors (Lipinski definition) is 2. The van der Waals surface area contributed by atoms with Crippen molar-refractivity contribution in [2.24, 2.45) is 5.73 Å². The fourth-order valence-electron chi connectivity index (χ4n) is 0.748. The predicted octanol–water partition coefficient (Wildman–Crippen LogP) is 0.232. The normalized spacial score (nSPS) is 12.7. The molecule has 0 spiro atoms. The largest absolute Gasteiger partial charge is 0.480 e. The average molecular weight is 205 g/mol. The predicted molar refractivity (Wildman–Crippen MR) is 52.2 cm³/mol. The van der Waals surface area contributed by atoms with E-state index < -0.39 is 12.0 Å². The third-order valence-corrected chi connectivity index (χ3v) is 1.63. The Morgan fingerprint density at radius 1 is 1.36 bits per heavy atom. The van der Waals surface area contributed by atoms with Crippen LogP contribution in [0.2, 0.25) is 0 Å². The second kappa shape index (κ2) is 8.93. The number of ether oxygens (including phenoxy) is 2. The molecule has 0 aliphatic heterocycles. The van der Waals surface area contributed by atoms with Crippen molar-refractivity contribution in [3.05, 3.63) is 0 Å². The third kappa shape index (κ3) is 7.97. The molecule has 3 N–H and O–H groups in total. The van der Waals surface area contributed by atoms with Crippen LogP contribution in [0.5, 0.6) is 0 Å². The van der Waals surface area contributed by atoms with Crippen molar-refractivity contribution < 1.29 is 19.4 Å². The molecule has 14 heavy (non-hydrogen) atoms. The summed E-state index contributed by atoms with van der Waals surface area (Å²) < 4.78 is 10.2. The van der Waals surface area contributed by atoms with E-state index in [1.807, 2.05) is 0 Å². The van der Waals surface area contributed by atoms with Gasteiger partial charge >= 0.3 is 5.97 Å². The average Bonchev–Trinajstić information content (AvgIpc) is 2.16. The fraction of sp³-hybridized carbons (Fsp3) is 0.889. The van der Waals surface area contributed by atoms with Gasteiger partial charge in [-0.3, -0.25) is 4.79 Å². The Balaban J connectivity index is 3.09. The van der Waals surface area contributed by atoms with Crippen LogP contribution in [0.1, 0.15) is 19.8 Å². The standard InChI is InChI=1S/C9H19NO4/c1-2-3-4-13-5-6-14-7-8(10)9(11)12/h8H,2-7,10H2,1H3,(H,11,12). The molecule has 1 atom stereocenters. The molecule has 5 nitrogen and oxygen atoms in total. The number of hydrogen-bond acceptors (Lipinski definition) is 4. The summed E-state index contributed by atoms with van der Waals surface area (Å²) in [7, 11) is 0. The van der Waals surface area contributed by atoms with Crippen molar-refractivity contribution >= 4 is 5.97 Å². The maximum Gasteiger partial charge on any atom is 0.322 e. The molecule has 0 amide bonds. The third-order valence-electron chi connectivity index (χ3n) is 1.63. The summed E-state index contributed by atoms with van der Waals surface area (Å²) >= 11 is 0. The highest BCUT2D eigenvalue weighted by molar-refractivity contribution is 5.73. The molecular weight excluding hydrogens is 186 g/mol. The number of carboxylic acids is 1. The first-order chi connectivity index (χ1) is 6.68.